The number of hydrogen-bond acceptors (Lipinski definition) is 2. The molecule has 0 aliphatic heterocycles. The molecule has 4 heteroatoms. The Hall–Kier alpha value is -1.81. The van der Waals surface area contributed by atoms with Gasteiger partial charge in [0.05, 0.1) is 5.69 Å². The molecular formula is C12H15N3O. The zero-order valence-corrected chi connectivity index (χ0v) is 9.23. The maximum atomic E-state index is 11.6. The normalized spacial score (nSPS) is 10.6. The second kappa shape index (κ2) is 4.37. The zero-order chi connectivity index (χ0) is 11.5. The lowest BCUT2D eigenvalue weighted by Crippen LogP contribution is -2.11. The van der Waals surface area contributed by atoms with E-state index in [2.05, 4.69) is 5.10 Å². The lowest BCUT2D eigenvalue weighted by molar-refractivity contribution is 0.857. The highest BCUT2D eigenvalue weighted by molar-refractivity contribution is 5.39. The summed E-state index contributed by atoms with van der Waals surface area (Å²) in [6.45, 7) is 2.50. The summed E-state index contributed by atoms with van der Waals surface area (Å²) in [4.78, 5) is 11.6. The molecule has 0 fully saturated rings. The fourth-order valence-corrected chi connectivity index (χ4v) is 1.73. The molecular weight excluding hydrogens is 202 g/mol. The molecule has 2 aromatic rings. The molecule has 16 heavy (non-hydrogen) atoms. The first-order valence-electron chi connectivity index (χ1n) is 5.29. The van der Waals surface area contributed by atoms with E-state index in [1.54, 1.807) is 4.68 Å². The molecule has 4 nitrogen and oxygen atoms in total. The number of nitrogens with one attached hydrogen (secondary N) is 1. The van der Waals surface area contributed by atoms with Crippen molar-refractivity contribution in [2.45, 2.75) is 13.3 Å². The van der Waals surface area contributed by atoms with Crippen molar-refractivity contribution in [3.63, 3.8) is 0 Å². The molecule has 2 rings (SSSR count). The molecule has 0 aliphatic carbocycles. The van der Waals surface area contributed by atoms with Gasteiger partial charge in [-0.15, -0.1) is 0 Å². The number of aromatic amines is 1. The summed E-state index contributed by atoms with van der Waals surface area (Å²) >= 11 is 0. The van der Waals surface area contributed by atoms with Crippen LogP contribution < -0.4 is 11.3 Å². The van der Waals surface area contributed by atoms with Crippen LogP contribution in [-0.2, 0) is 6.42 Å². The number of nitrogens with zero attached hydrogens (tertiary/aromatic N) is 1. The molecule has 0 saturated carbocycles. The van der Waals surface area contributed by atoms with Gasteiger partial charge in [0.2, 0.25) is 0 Å². The molecule has 0 unspecified atom stereocenters. The standard InChI is InChI=1S/C12H15N3O/c1-9-4-2-3-5-11(9)15-8-10(6-7-13)12(16)14-15/h2-5,8H,6-7,13H2,1H3,(H,14,16). The molecule has 0 bridgehead atoms. The van der Waals surface area contributed by atoms with Crippen LogP contribution in [0, 0.1) is 6.92 Å². The van der Waals surface area contributed by atoms with Crippen LogP contribution >= 0.6 is 0 Å². The molecule has 0 radical (unpaired) electrons. The average molecular weight is 217 g/mol. The van der Waals surface area contributed by atoms with Crippen LogP contribution in [0.1, 0.15) is 11.1 Å². The first kappa shape index (κ1) is 10.7. The van der Waals surface area contributed by atoms with E-state index in [4.69, 9.17) is 5.73 Å². The second-order valence-corrected chi connectivity index (χ2v) is 3.79. The number of rotatable bonds is 3. The van der Waals surface area contributed by atoms with Crippen LogP contribution in [0.4, 0.5) is 0 Å². The van der Waals surface area contributed by atoms with Crippen molar-refractivity contribution in [3.8, 4) is 5.69 Å². The third-order valence-electron chi connectivity index (χ3n) is 2.59. The number of para-hydroxylation sites is 1. The Balaban J connectivity index is 2.46. The SMILES string of the molecule is Cc1ccccc1-n1cc(CCN)c(=O)[nH]1. The van der Waals surface area contributed by atoms with Crippen LogP contribution in [0.3, 0.4) is 0 Å². The topological polar surface area (TPSA) is 63.8 Å². The maximum Gasteiger partial charge on any atom is 0.267 e. The third-order valence-corrected chi connectivity index (χ3v) is 2.59. The molecule has 3 N–H and O–H groups in total. The number of aromatic nitrogens is 2. The monoisotopic (exact) mass is 217 g/mol. The number of hydrogen-bond donors (Lipinski definition) is 2. The van der Waals surface area contributed by atoms with Gasteiger partial charge < -0.3 is 5.73 Å². The van der Waals surface area contributed by atoms with Gasteiger partial charge in [-0.1, -0.05) is 18.2 Å². The maximum absolute atomic E-state index is 11.6. The van der Waals surface area contributed by atoms with Gasteiger partial charge in [0, 0.05) is 11.8 Å². The second-order valence-electron chi connectivity index (χ2n) is 3.79. The van der Waals surface area contributed by atoms with Gasteiger partial charge in [0.1, 0.15) is 0 Å². The summed E-state index contributed by atoms with van der Waals surface area (Å²) in [6, 6.07) is 7.90. The summed E-state index contributed by atoms with van der Waals surface area (Å²) in [5, 5.41) is 2.79. The fraction of sp³-hybridized carbons (Fsp3) is 0.250. The highest BCUT2D eigenvalue weighted by Crippen LogP contribution is 2.11. The Morgan fingerprint density at radius 1 is 1.38 bits per heavy atom. The van der Waals surface area contributed by atoms with Crippen molar-refractivity contribution in [3.05, 3.63) is 51.9 Å². The highest BCUT2D eigenvalue weighted by Gasteiger charge is 2.05. The van der Waals surface area contributed by atoms with E-state index < -0.39 is 0 Å². The van der Waals surface area contributed by atoms with Gasteiger partial charge in [0.15, 0.2) is 0 Å². The van der Waals surface area contributed by atoms with Crippen LogP contribution in [0.25, 0.3) is 5.69 Å². The molecule has 84 valence electrons. The number of benzene rings is 1. The minimum absolute atomic E-state index is 0.0614. The zero-order valence-electron chi connectivity index (χ0n) is 9.23. The van der Waals surface area contributed by atoms with Gasteiger partial charge in [-0.25, -0.2) is 0 Å². The molecule has 0 spiro atoms. The van der Waals surface area contributed by atoms with E-state index in [0.29, 0.717) is 13.0 Å². The van der Waals surface area contributed by atoms with E-state index in [0.717, 1.165) is 16.8 Å². The van der Waals surface area contributed by atoms with E-state index >= 15 is 0 Å². The lowest BCUT2D eigenvalue weighted by atomic mass is 10.2. The van der Waals surface area contributed by atoms with Gasteiger partial charge >= 0.3 is 0 Å². The summed E-state index contributed by atoms with van der Waals surface area (Å²) in [6.07, 6.45) is 2.42. The summed E-state index contributed by atoms with van der Waals surface area (Å²) < 4.78 is 1.75. The van der Waals surface area contributed by atoms with E-state index in [1.807, 2.05) is 37.4 Å². The van der Waals surface area contributed by atoms with Crippen LogP contribution in [0.2, 0.25) is 0 Å². The van der Waals surface area contributed by atoms with Crippen molar-refractivity contribution in [2.75, 3.05) is 6.54 Å². The van der Waals surface area contributed by atoms with E-state index in [-0.39, 0.29) is 5.56 Å². The Morgan fingerprint density at radius 2 is 2.12 bits per heavy atom. The Kier molecular flexibility index (Phi) is 2.92. The minimum Gasteiger partial charge on any atom is -0.330 e. The van der Waals surface area contributed by atoms with Crippen molar-refractivity contribution >= 4 is 0 Å². The molecule has 1 heterocycles. The summed E-state index contributed by atoms with van der Waals surface area (Å²) in [7, 11) is 0. The Bertz CT molecular complexity index is 539. The molecule has 1 aromatic carbocycles. The predicted molar refractivity (Wildman–Crippen MR) is 63.9 cm³/mol. The number of aryl methyl sites for hydroxylation is 1. The molecule has 0 saturated heterocycles. The molecule has 0 amide bonds. The fourth-order valence-electron chi connectivity index (χ4n) is 1.73. The van der Waals surface area contributed by atoms with Crippen LogP contribution in [0.15, 0.2) is 35.3 Å². The van der Waals surface area contributed by atoms with Gasteiger partial charge in [-0.2, -0.15) is 0 Å². The van der Waals surface area contributed by atoms with Gasteiger partial charge in [0.25, 0.3) is 5.56 Å². The largest absolute Gasteiger partial charge is 0.330 e. The van der Waals surface area contributed by atoms with Gasteiger partial charge in [-0.3, -0.25) is 14.6 Å². The summed E-state index contributed by atoms with van der Waals surface area (Å²) in [5.74, 6) is 0. The van der Waals surface area contributed by atoms with Crippen molar-refractivity contribution in [1.82, 2.24) is 9.78 Å². The third kappa shape index (κ3) is 1.92. The van der Waals surface area contributed by atoms with E-state index in [9.17, 15) is 4.79 Å². The number of H-pyrrole nitrogens is 1. The number of nitrogens with two attached hydrogens (primary N) is 1. The summed E-state index contributed by atoms with van der Waals surface area (Å²) in [5.41, 5.74) is 8.22. The van der Waals surface area contributed by atoms with Crippen LogP contribution in [-0.4, -0.2) is 16.3 Å². The molecule has 0 atom stereocenters. The van der Waals surface area contributed by atoms with E-state index in [1.165, 1.54) is 0 Å². The Morgan fingerprint density at radius 3 is 2.81 bits per heavy atom. The predicted octanol–water partition coefficient (Wildman–Crippen LogP) is 0.975. The highest BCUT2D eigenvalue weighted by atomic mass is 16.1. The van der Waals surface area contributed by atoms with Gasteiger partial charge in [-0.05, 0) is 31.5 Å². The molecule has 1 aromatic heterocycles. The lowest BCUT2D eigenvalue weighted by Gasteiger charge is -2.05. The minimum atomic E-state index is -0.0614. The quantitative estimate of drug-likeness (QED) is 0.804. The van der Waals surface area contributed by atoms with Crippen molar-refractivity contribution in [2.24, 2.45) is 5.73 Å². The smallest absolute Gasteiger partial charge is 0.267 e. The first-order chi connectivity index (χ1) is 7.72. The van der Waals surface area contributed by atoms with Crippen LogP contribution in [0.5, 0.6) is 0 Å². The molecule has 0 aliphatic rings. The van der Waals surface area contributed by atoms with Crippen molar-refractivity contribution in [1.29, 1.82) is 0 Å². The first-order valence-corrected chi connectivity index (χ1v) is 5.29. The average Bonchev–Trinajstić information content (AvgIpc) is 2.61. The Labute approximate surface area is 93.7 Å². The van der Waals surface area contributed by atoms with Crippen molar-refractivity contribution < 1.29 is 0 Å².